The molecule has 1 aromatic carbocycles. The Balaban J connectivity index is 2.48. The van der Waals surface area contributed by atoms with Gasteiger partial charge in [-0.3, -0.25) is 4.79 Å². The number of nitrogen functional groups attached to an aromatic ring is 1. The third kappa shape index (κ3) is 2.31. The zero-order valence-corrected chi connectivity index (χ0v) is 10.4. The maximum atomic E-state index is 11.3. The lowest BCUT2D eigenvalue weighted by atomic mass is 10.2. The number of hydrogen-bond donors (Lipinski definition) is 2. The van der Waals surface area contributed by atoms with E-state index in [1.807, 2.05) is 6.07 Å². The van der Waals surface area contributed by atoms with Gasteiger partial charge in [0, 0.05) is 18.2 Å². The molecule has 0 saturated heterocycles. The predicted octanol–water partition coefficient (Wildman–Crippen LogP) is 2.24. The molecule has 6 heteroatoms. The summed E-state index contributed by atoms with van der Waals surface area (Å²) in [5, 5.41) is 3.27. The van der Waals surface area contributed by atoms with Crippen molar-refractivity contribution in [3.05, 3.63) is 12.1 Å². The van der Waals surface area contributed by atoms with Gasteiger partial charge in [0.25, 0.3) is 0 Å². The molecule has 3 N–H and O–H groups in total. The molecular weight excluding hydrogens is 238 g/mol. The summed E-state index contributed by atoms with van der Waals surface area (Å²) in [4.78, 5) is 15.5. The fourth-order valence-electron chi connectivity index (χ4n) is 1.49. The number of carbonyl (C=O) groups excluding carboxylic acids is 1. The number of aromatic nitrogens is 1. The van der Waals surface area contributed by atoms with Crippen molar-refractivity contribution in [2.24, 2.45) is 0 Å². The van der Waals surface area contributed by atoms with E-state index in [9.17, 15) is 4.79 Å². The van der Waals surface area contributed by atoms with Gasteiger partial charge in [-0.25, -0.2) is 4.98 Å². The number of hydrogen-bond acceptors (Lipinski definition) is 5. The number of carbonyl (C=O) groups is 1. The van der Waals surface area contributed by atoms with Crippen molar-refractivity contribution in [2.75, 3.05) is 18.2 Å². The van der Waals surface area contributed by atoms with Crippen LogP contribution in [0.25, 0.3) is 10.2 Å². The van der Waals surface area contributed by atoms with Gasteiger partial charge in [-0.2, -0.15) is 0 Å². The first kappa shape index (κ1) is 11.7. The summed E-state index contributed by atoms with van der Waals surface area (Å²) in [6.45, 7) is 1.80. The second kappa shape index (κ2) is 4.58. The van der Waals surface area contributed by atoms with Gasteiger partial charge in [-0.05, 0) is 6.07 Å². The first-order valence-corrected chi connectivity index (χ1v) is 5.99. The third-order valence-corrected chi connectivity index (χ3v) is 3.13. The molecule has 0 aliphatic heterocycles. The van der Waals surface area contributed by atoms with Gasteiger partial charge < -0.3 is 15.8 Å². The average molecular weight is 251 g/mol. The Hall–Kier alpha value is -1.82. The molecule has 2 rings (SSSR count). The Morgan fingerprint density at radius 1 is 1.59 bits per heavy atom. The zero-order chi connectivity index (χ0) is 12.4. The largest absolute Gasteiger partial charge is 0.494 e. The molecule has 0 radical (unpaired) electrons. The standard InChI is InChI=1S/C11H13N3O2S/c1-3-9(15)13-6-4-7(16-2)10-8(5-6)17-11(12)14-10/h4-5H,3H2,1-2H3,(H2,12,14)(H,13,15). The molecule has 1 aromatic heterocycles. The fraction of sp³-hybridized carbons (Fsp3) is 0.273. The number of fused-ring (bicyclic) bond motifs is 1. The van der Waals surface area contributed by atoms with Crippen LogP contribution in [0, 0.1) is 0 Å². The number of methoxy groups -OCH3 is 1. The number of thiazole rings is 1. The summed E-state index contributed by atoms with van der Waals surface area (Å²) >= 11 is 1.37. The molecule has 0 unspecified atom stereocenters. The molecule has 0 aliphatic carbocycles. The van der Waals surface area contributed by atoms with Crippen LogP contribution in [0.2, 0.25) is 0 Å². The number of ether oxygens (including phenoxy) is 1. The van der Waals surface area contributed by atoms with Crippen LogP contribution in [0.5, 0.6) is 5.75 Å². The first-order chi connectivity index (χ1) is 8.13. The predicted molar refractivity (Wildman–Crippen MR) is 69.5 cm³/mol. The highest BCUT2D eigenvalue weighted by molar-refractivity contribution is 7.22. The number of rotatable bonds is 3. The quantitative estimate of drug-likeness (QED) is 0.877. The minimum absolute atomic E-state index is 0.0381. The summed E-state index contributed by atoms with van der Waals surface area (Å²) in [6.07, 6.45) is 0.436. The lowest BCUT2D eigenvalue weighted by molar-refractivity contribution is -0.115. The van der Waals surface area contributed by atoms with Crippen LogP contribution in [-0.4, -0.2) is 18.0 Å². The van der Waals surface area contributed by atoms with E-state index in [4.69, 9.17) is 10.5 Å². The van der Waals surface area contributed by atoms with Gasteiger partial charge in [0.1, 0.15) is 11.3 Å². The number of amides is 1. The van der Waals surface area contributed by atoms with Gasteiger partial charge in [0.15, 0.2) is 5.13 Å². The molecule has 0 fully saturated rings. The fourth-order valence-corrected chi connectivity index (χ4v) is 2.28. The Morgan fingerprint density at radius 2 is 2.35 bits per heavy atom. The third-order valence-electron chi connectivity index (χ3n) is 2.30. The maximum Gasteiger partial charge on any atom is 0.224 e. The van der Waals surface area contributed by atoms with Gasteiger partial charge in [-0.15, -0.1) is 0 Å². The number of nitrogens with one attached hydrogen (secondary N) is 1. The Kier molecular flexibility index (Phi) is 3.14. The van der Waals surface area contributed by atoms with E-state index < -0.39 is 0 Å². The number of nitrogens with zero attached hydrogens (tertiary/aromatic N) is 1. The van der Waals surface area contributed by atoms with Crippen LogP contribution < -0.4 is 15.8 Å². The SMILES string of the molecule is CCC(=O)Nc1cc(OC)c2nc(N)sc2c1. The first-order valence-electron chi connectivity index (χ1n) is 5.18. The topological polar surface area (TPSA) is 77.2 Å². The lowest BCUT2D eigenvalue weighted by Gasteiger charge is -2.06. The molecule has 1 amide bonds. The van der Waals surface area contributed by atoms with Crippen LogP contribution in [0.1, 0.15) is 13.3 Å². The average Bonchev–Trinajstić information content (AvgIpc) is 2.68. The molecule has 2 aromatic rings. The molecule has 0 saturated carbocycles. The Morgan fingerprint density at radius 3 is 3.00 bits per heavy atom. The van der Waals surface area contributed by atoms with E-state index in [2.05, 4.69) is 10.3 Å². The number of anilines is 2. The molecule has 17 heavy (non-hydrogen) atoms. The van der Waals surface area contributed by atoms with Crippen molar-refractivity contribution in [1.82, 2.24) is 4.98 Å². The van der Waals surface area contributed by atoms with Crippen molar-refractivity contribution in [3.63, 3.8) is 0 Å². The molecule has 5 nitrogen and oxygen atoms in total. The maximum absolute atomic E-state index is 11.3. The monoisotopic (exact) mass is 251 g/mol. The Labute approximate surface area is 103 Å². The van der Waals surface area contributed by atoms with E-state index in [1.165, 1.54) is 11.3 Å². The van der Waals surface area contributed by atoms with Gasteiger partial charge in [0.2, 0.25) is 5.91 Å². The van der Waals surface area contributed by atoms with Gasteiger partial charge in [-0.1, -0.05) is 18.3 Å². The van der Waals surface area contributed by atoms with E-state index in [0.717, 1.165) is 10.2 Å². The second-order valence-corrected chi connectivity index (χ2v) is 4.54. The molecule has 0 atom stereocenters. The minimum atomic E-state index is -0.0381. The normalized spacial score (nSPS) is 10.5. The number of nitrogens with two attached hydrogens (primary N) is 1. The Bertz CT molecular complexity index is 565. The van der Waals surface area contributed by atoms with Crippen molar-refractivity contribution < 1.29 is 9.53 Å². The molecule has 0 spiro atoms. The van der Waals surface area contributed by atoms with E-state index in [1.54, 1.807) is 20.1 Å². The molecule has 0 bridgehead atoms. The van der Waals surface area contributed by atoms with E-state index in [-0.39, 0.29) is 5.91 Å². The molecular formula is C11H13N3O2S. The van der Waals surface area contributed by atoms with Crippen molar-refractivity contribution >= 4 is 38.3 Å². The van der Waals surface area contributed by atoms with Crippen LogP contribution in [0.3, 0.4) is 0 Å². The van der Waals surface area contributed by atoms with Gasteiger partial charge in [0.05, 0.1) is 11.8 Å². The van der Waals surface area contributed by atoms with Crippen LogP contribution in [-0.2, 0) is 4.79 Å². The highest BCUT2D eigenvalue weighted by atomic mass is 32.1. The van der Waals surface area contributed by atoms with E-state index >= 15 is 0 Å². The summed E-state index contributed by atoms with van der Waals surface area (Å²) in [6, 6.07) is 3.59. The second-order valence-electron chi connectivity index (χ2n) is 3.48. The number of benzene rings is 1. The minimum Gasteiger partial charge on any atom is -0.494 e. The highest BCUT2D eigenvalue weighted by Gasteiger charge is 2.10. The zero-order valence-electron chi connectivity index (χ0n) is 9.61. The van der Waals surface area contributed by atoms with Gasteiger partial charge >= 0.3 is 0 Å². The lowest BCUT2D eigenvalue weighted by Crippen LogP contribution is -2.09. The summed E-state index contributed by atoms with van der Waals surface area (Å²) in [5.74, 6) is 0.575. The van der Waals surface area contributed by atoms with Crippen LogP contribution >= 0.6 is 11.3 Å². The molecule has 1 heterocycles. The highest BCUT2D eigenvalue weighted by Crippen LogP contribution is 2.34. The van der Waals surface area contributed by atoms with Crippen LogP contribution in [0.15, 0.2) is 12.1 Å². The molecule has 90 valence electrons. The van der Waals surface area contributed by atoms with E-state index in [0.29, 0.717) is 23.0 Å². The van der Waals surface area contributed by atoms with Crippen molar-refractivity contribution in [3.8, 4) is 5.75 Å². The summed E-state index contributed by atoms with van der Waals surface area (Å²) < 4.78 is 6.13. The van der Waals surface area contributed by atoms with Crippen LogP contribution in [0.4, 0.5) is 10.8 Å². The summed E-state index contributed by atoms with van der Waals surface area (Å²) in [7, 11) is 1.57. The summed E-state index contributed by atoms with van der Waals surface area (Å²) in [5.41, 5.74) is 7.08. The molecule has 0 aliphatic rings. The van der Waals surface area contributed by atoms with Crippen molar-refractivity contribution in [1.29, 1.82) is 0 Å². The van der Waals surface area contributed by atoms with Crippen molar-refractivity contribution in [2.45, 2.75) is 13.3 Å². The smallest absolute Gasteiger partial charge is 0.224 e.